The molecule has 62 valence electrons. The number of rotatable bonds is 5. The zero-order valence-electron chi connectivity index (χ0n) is 6.83. The second kappa shape index (κ2) is 8.91. The minimum absolute atomic E-state index is 0.821. The zero-order valence-corrected chi connectivity index (χ0v) is 6.83. The molecule has 0 aromatic heterocycles. The molecule has 0 spiro atoms. The number of hydrazine groups is 1. The van der Waals surface area contributed by atoms with Crippen molar-refractivity contribution in [2.24, 2.45) is 10.9 Å². The Morgan fingerprint density at radius 3 is 2.64 bits per heavy atom. The summed E-state index contributed by atoms with van der Waals surface area (Å²) in [6.07, 6.45) is 11.8. The third-order valence-electron chi connectivity index (χ3n) is 1.08. The highest BCUT2D eigenvalue weighted by molar-refractivity contribution is 5.58. The van der Waals surface area contributed by atoms with Crippen LogP contribution >= 0.6 is 0 Å². The molecule has 0 aromatic rings. The summed E-state index contributed by atoms with van der Waals surface area (Å²) >= 11 is 0. The minimum Gasteiger partial charge on any atom is -0.246 e. The van der Waals surface area contributed by atoms with Gasteiger partial charge in [0.1, 0.15) is 0 Å². The molecule has 3 nitrogen and oxygen atoms in total. The van der Waals surface area contributed by atoms with Crippen LogP contribution in [-0.4, -0.2) is 6.21 Å². The Morgan fingerprint density at radius 2 is 2.00 bits per heavy atom. The normalized spacial score (nSPS) is 12.2. The molecule has 3 N–H and O–H groups in total. The van der Waals surface area contributed by atoms with Crippen molar-refractivity contribution >= 4 is 6.21 Å². The molecular formula is C8H15N3. The van der Waals surface area contributed by atoms with Gasteiger partial charge in [-0.05, 0) is 13.3 Å². The van der Waals surface area contributed by atoms with E-state index in [0.717, 1.165) is 12.8 Å². The van der Waals surface area contributed by atoms with Crippen LogP contribution in [0.2, 0.25) is 0 Å². The first-order valence-corrected chi connectivity index (χ1v) is 3.65. The highest BCUT2D eigenvalue weighted by Crippen LogP contribution is 1.86. The summed E-state index contributed by atoms with van der Waals surface area (Å²) < 4.78 is 0. The second-order valence-electron chi connectivity index (χ2n) is 1.95. The van der Waals surface area contributed by atoms with Gasteiger partial charge in [-0.1, -0.05) is 24.3 Å². The summed E-state index contributed by atoms with van der Waals surface area (Å²) in [6.45, 7) is 2.01. The van der Waals surface area contributed by atoms with Gasteiger partial charge in [-0.25, -0.2) is 11.4 Å². The van der Waals surface area contributed by atoms with Crippen LogP contribution in [0.1, 0.15) is 19.8 Å². The van der Waals surface area contributed by atoms with E-state index in [9.17, 15) is 0 Å². The fourth-order valence-electron chi connectivity index (χ4n) is 0.573. The van der Waals surface area contributed by atoms with Gasteiger partial charge in [0, 0.05) is 12.6 Å². The Bertz CT molecular complexity index is 147. The van der Waals surface area contributed by atoms with Gasteiger partial charge in [-0.2, -0.15) is 5.10 Å². The molecule has 0 aromatic carbocycles. The van der Waals surface area contributed by atoms with Crippen LogP contribution in [0.5, 0.6) is 0 Å². The van der Waals surface area contributed by atoms with Crippen molar-refractivity contribution in [3.8, 4) is 0 Å². The van der Waals surface area contributed by atoms with Gasteiger partial charge in [-0.15, -0.1) is 0 Å². The first-order valence-electron chi connectivity index (χ1n) is 3.65. The first-order chi connectivity index (χ1) is 5.41. The number of hydrogen-bond donors (Lipinski definition) is 2. The summed E-state index contributed by atoms with van der Waals surface area (Å²) in [4.78, 5) is 0. The quantitative estimate of drug-likeness (QED) is 0.271. The summed E-state index contributed by atoms with van der Waals surface area (Å²) in [7, 11) is 0. The molecule has 0 aliphatic heterocycles. The van der Waals surface area contributed by atoms with Crippen LogP contribution in [0.3, 0.4) is 0 Å². The van der Waals surface area contributed by atoms with Gasteiger partial charge in [0.25, 0.3) is 0 Å². The van der Waals surface area contributed by atoms with Crippen molar-refractivity contribution in [3.05, 3.63) is 24.3 Å². The molecule has 11 heavy (non-hydrogen) atoms. The lowest BCUT2D eigenvalue weighted by Gasteiger charge is -1.83. The van der Waals surface area contributed by atoms with E-state index in [0.29, 0.717) is 0 Å². The monoisotopic (exact) mass is 153 g/mol. The third-order valence-corrected chi connectivity index (χ3v) is 1.08. The number of hydrogen-bond acceptors (Lipinski definition) is 3. The Hall–Kier alpha value is -1.09. The molecule has 0 aliphatic rings. The lowest BCUT2D eigenvalue weighted by Crippen LogP contribution is -2.13. The van der Waals surface area contributed by atoms with Gasteiger partial charge < -0.3 is 0 Å². The van der Waals surface area contributed by atoms with Gasteiger partial charge in [0.15, 0.2) is 0 Å². The molecule has 0 saturated heterocycles. The van der Waals surface area contributed by atoms with Crippen molar-refractivity contribution in [1.29, 1.82) is 0 Å². The summed E-state index contributed by atoms with van der Waals surface area (Å²) in [6, 6.07) is 0. The van der Waals surface area contributed by atoms with E-state index in [2.05, 4.69) is 22.8 Å². The average molecular weight is 153 g/mol. The lowest BCUT2D eigenvalue weighted by molar-refractivity contribution is 0.808. The molecule has 0 aliphatic carbocycles. The lowest BCUT2D eigenvalue weighted by atomic mass is 10.3. The third kappa shape index (κ3) is 8.91. The average Bonchev–Trinajstić information content (AvgIpc) is 2.03. The van der Waals surface area contributed by atoms with Crippen LogP contribution in [0.4, 0.5) is 0 Å². The van der Waals surface area contributed by atoms with Crippen LogP contribution < -0.4 is 11.4 Å². The van der Waals surface area contributed by atoms with E-state index in [-0.39, 0.29) is 0 Å². The van der Waals surface area contributed by atoms with E-state index in [4.69, 9.17) is 5.84 Å². The fourth-order valence-corrected chi connectivity index (χ4v) is 0.573. The second-order valence-corrected chi connectivity index (χ2v) is 1.95. The number of nitrogens with one attached hydrogen (secondary N) is 1. The smallest absolute Gasteiger partial charge is 0.0295 e. The molecule has 0 saturated carbocycles. The fraction of sp³-hybridized carbons (Fsp3) is 0.375. The molecule has 0 radical (unpaired) electrons. The van der Waals surface area contributed by atoms with Crippen LogP contribution in [-0.2, 0) is 0 Å². The molecule has 0 rings (SSSR count). The Morgan fingerprint density at radius 1 is 1.27 bits per heavy atom. The summed E-state index contributed by atoms with van der Waals surface area (Å²) in [5.74, 6) is 4.91. The number of allylic oxidation sites excluding steroid dienone is 4. The van der Waals surface area contributed by atoms with Crippen molar-refractivity contribution < 1.29 is 0 Å². The first kappa shape index (κ1) is 9.91. The van der Waals surface area contributed by atoms with Crippen molar-refractivity contribution in [3.63, 3.8) is 0 Å². The summed E-state index contributed by atoms with van der Waals surface area (Å²) in [5.41, 5.74) is 2.19. The van der Waals surface area contributed by atoms with Crippen LogP contribution in [0, 0.1) is 0 Å². The van der Waals surface area contributed by atoms with E-state index in [1.54, 1.807) is 6.21 Å². The van der Waals surface area contributed by atoms with Crippen LogP contribution in [0.15, 0.2) is 29.4 Å². The predicted octanol–water partition coefficient (Wildman–Crippen LogP) is 1.35. The van der Waals surface area contributed by atoms with Gasteiger partial charge in [0.05, 0.1) is 0 Å². The van der Waals surface area contributed by atoms with Gasteiger partial charge in [-0.3, -0.25) is 0 Å². The van der Waals surface area contributed by atoms with Gasteiger partial charge >= 0.3 is 0 Å². The highest BCUT2D eigenvalue weighted by Gasteiger charge is 1.70. The number of hydrazone groups is 1. The van der Waals surface area contributed by atoms with Crippen molar-refractivity contribution in [2.75, 3.05) is 0 Å². The Labute approximate surface area is 67.6 Å². The topological polar surface area (TPSA) is 50.4 Å². The molecule has 0 unspecified atom stereocenters. The minimum atomic E-state index is 0.821. The van der Waals surface area contributed by atoms with Crippen molar-refractivity contribution in [1.82, 2.24) is 5.53 Å². The Balaban J connectivity index is 3.23. The Kier molecular flexibility index (Phi) is 8.03. The maximum Gasteiger partial charge on any atom is 0.0295 e. The number of nitrogens with zero attached hydrogens (tertiary/aromatic N) is 1. The largest absolute Gasteiger partial charge is 0.246 e. The van der Waals surface area contributed by atoms with E-state index in [1.165, 1.54) is 0 Å². The summed E-state index contributed by atoms with van der Waals surface area (Å²) in [5, 5.41) is 3.62. The maximum absolute atomic E-state index is 4.91. The predicted molar refractivity (Wildman–Crippen MR) is 49.0 cm³/mol. The molecular weight excluding hydrogens is 138 g/mol. The standard InChI is InChI=1S/C8H15N3/c1-2-3-4-5-6-7-8-10-11-9/h2-3,5-6,8,11H,4,7,9H2,1H3/b3-2+,6-5+,10-8+. The molecule has 0 atom stereocenters. The molecule has 0 heterocycles. The van der Waals surface area contributed by atoms with Crippen LogP contribution in [0.25, 0.3) is 0 Å². The molecule has 3 heteroatoms. The number of nitrogens with two attached hydrogens (primary N) is 1. The van der Waals surface area contributed by atoms with Gasteiger partial charge in [0.2, 0.25) is 0 Å². The highest BCUT2D eigenvalue weighted by atomic mass is 15.5. The molecule has 0 bridgehead atoms. The zero-order chi connectivity index (χ0) is 8.36. The molecule has 0 amide bonds. The van der Waals surface area contributed by atoms with E-state index in [1.807, 2.05) is 19.1 Å². The van der Waals surface area contributed by atoms with Crippen molar-refractivity contribution in [2.45, 2.75) is 19.8 Å². The SMILES string of the molecule is C/C=C/C/C=C/C/C=N/NN. The van der Waals surface area contributed by atoms with E-state index < -0.39 is 0 Å². The molecule has 0 fully saturated rings. The maximum atomic E-state index is 4.91. The van der Waals surface area contributed by atoms with E-state index >= 15 is 0 Å².